The van der Waals surface area contributed by atoms with Gasteiger partial charge in [0.1, 0.15) is 0 Å². The summed E-state index contributed by atoms with van der Waals surface area (Å²) in [5, 5.41) is 0. The Balaban J connectivity index is 1.40. The van der Waals surface area contributed by atoms with Crippen LogP contribution in [0.15, 0.2) is 18.2 Å². The number of nitrogens with zero attached hydrogens (tertiary/aromatic N) is 2. The number of hydrogen-bond donors (Lipinski definition) is 0. The molecule has 2 bridgehead atoms. The third-order valence-corrected chi connectivity index (χ3v) is 9.20. The van der Waals surface area contributed by atoms with E-state index in [-0.39, 0.29) is 5.41 Å². The second-order valence-corrected chi connectivity index (χ2v) is 11.6. The highest BCUT2D eigenvalue weighted by atomic mass is 32.2. The molecule has 148 valence electrons. The molecule has 1 unspecified atom stereocenters. The summed E-state index contributed by atoms with van der Waals surface area (Å²) in [5.41, 5.74) is 3.44. The number of rotatable bonds is 2. The summed E-state index contributed by atoms with van der Waals surface area (Å²) in [6, 6.07) is 7.11. The Bertz CT molecular complexity index is 834. The minimum Gasteiger partial charge on any atom is -0.300 e. The second kappa shape index (κ2) is 6.21. The maximum Gasteiger partial charge on any atom is 0.232 e. The Hall–Kier alpha value is -1.07. The van der Waals surface area contributed by atoms with E-state index in [1.54, 1.807) is 4.31 Å². The number of piperidine rings is 1. The van der Waals surface area contributed by atoms with Gasteiger partial charge in [-0.1, -0.05) is 30.5 Å². The number of benzene rings is 1. The van der Waals surface area contributed by atoms with Gasteiger partial charge in [0.2, 0.25) is 10.0 Å². The van der Waals surface area contributed by atoms with Gasteiger partial charge in [0.25, 0.3) is 0 Å². The number of fused-ring (bicyclic) bond motifs is 5. The highest BCUT2D eigenvalue weighted by Crippen LogP contribution is 2.50. The quantitative estimate of drug-likeness (QED) is 0.776. The van der Waals surface area contributed by atoms with Gasteiger partial charge in [-0.25, -0.2) is 8.42 Å². The molecule has 0 amide bonds. The lowest BCUT2D eigenvalue weighted by Gasteiger charge is -2.51. The van der Waals surface area contributed by atoms with Crippen LogP contribution in [-0.2, 0) is 15.4 Å². The van der Waals surface area contributed by atoms with Crippen LogP contribution in [0.25, 0.3) is 0 Å². The molecular formula is C22H32N2O2S. The molecule has 4 nitrogen and oxygen atoms in total. The predicted octanol–water partition coefficient (Wildman–Crippen LogP) is 3.69. The molecule has 27 heavy (non-hydrogen) atoms. The Morgan fingerprint density at radius 2 is 1.78 bits per heavy atom. The second-order valence-electron chi connectivity index (χ2n) is 9.69. The Morgan fingerprint density at radius 1 is 1.07 bits per heavy atom. The van der Waals surface area contributed by atoms with Crippen LogP contribution in [0, 0.1) is 18.8 Å². The lowest BCUT2D eigenvalue weighted by Crippen LogP contribution is -2.53. The molecular weight excluding hydrogens is 356 g/mol. The molecule has 2 aliphatic heterocycles. The zero-order valence-corrected chi connectivity index (χ0v) is 17.5. The summed E-state index contributed by atoms with van der Waals surface area (Å²) < 4.78 is 26.5. The average Bonchev–Trinajstić information content (AvgIpc) is 2.97. The first kappa shape index (κ1) is 18.0. The molecule has 6 rings (SSSR count). The number of aryl methyl sites for hydroxylation is 1. The van der Waals surface area contributed by atoms with Crippen LogP contribution in [-0.4, -0.2) is 45.2 Å². The number of hydrogen-bond acceptors (Lipinski definition) is 3. The van der Waals surface area contributed by atoms with Crippen LogP contribution in [0.4, 0.5) is 5.69 Å². The van der Waals surface area contributed by atoms with Crippen molar-refractivity contribution in [3.63, 3.8) is 0 Å². The molecule has 2 heterocycles. The van der Waals surface area contributed by atoms with Crippen molar-refractivity contribution < 1.29 is 8.42 Å². The Kier molecular flexibility index (Phi) is 4.14. The van der Waals surface area contributed by atoms with Crippen LogP contribution < -0.4 is 4.31 Å². The van der Waals surface area contributed by atoms with Crippen LogP contribution in [0.1, 0.15) is 56.1 Å². The molecule has 1 spiro atoms. The lowest BCUT2D eigenvalue weighted by atomic mass is 9.66. The van der Waals surface area contributed by atoms with Gasteiger partial charge < -0.3 is 4.90 Å². The van der Waals surface area contributed by atoms with Gasteiger partial charge in [-0.15, -0.1) is 0 Å². The van der Waals surface area contributed by atoms with Gasteiger partial charge in [-0.05, 0) is 75.6 Å². The molecule has 4 fully saturated rings. The van der Waals surface area contributed by atoms with Crippen molar-refractivity contribution in [1.29, 1.82) is 0 Å². The summed E-state index contributed by atoms with van der Waals surface area (Å²) in [6.07, 6.45) is 10.7. The molecule has 5 heteroatoms. The molecule has 1 saturated heterocycles. The van der Waals surface area contributed by atoms with E-state index in [1.165, 1.54) is 49.5 Å². The average molecular weight is 389 g/mol. The minimum absolute atomic E-state index is 0.00855. The van der Waals surface area contributed by atoms with Crippen LogP contribution in [0.3, 0.4) is 0 Å². The molecule has 5 aliphatic rings. The Morgan fingerprint density at radius 3 is 2.37 bits per heavy atom. The van der Waals surface area contributed by atoms with Crippen molar-refractivity contribution in [2.24, 2.45) is 11.8 Å². The van der Waals surface area contributed by atoms with Gasteiger partial charge in [0.05, 0.1) is 11.9 Å². The summed E-state index contributed by atoms with van der Waals surface area (Å²) in [6.45, 7) is 5.00. The SMILES string of the molecule is Cc1ccc2c(c1)C1(CCN(C3CC4CCC3CC4)CC1)CN2S(C)(=O)=O. The smallest absolute Gasteiger partial charge is 0.232 e. The topological polar surface area (TPSA) is 40.6 Å². The van der Waals surface area contributed by atoms with Crippen LogP contribution >= 0.6 is 0 Å². The van der Waals surface area contributed by atoms with Crippen molar-refractivity contribution in [1.82, 2.24) is 4.90 Å². The fraction of sp³-hybridized carbons (Fsp3) is 0.727. The third-order valence-electron chi connectivity index (χ3n) is 8.07. The Labute approximate surface area is 164 Å². The zero-order valence-electron chi connectivity index (χ0n) is 16.7. The van der Waals surface area contributed by atoms with E-state index >= 15 is 0 Å². The molecule has 0 N–H and O–H groups in total. The van der Waals surface area contributed by atoms with Crippen molar-refractivity contribution >= 4 is 15.7 Å². The molecule has 0 aromatic heterocycles. The number of anilines is 1. The van der Waals surface area contributed by atoms with Gasteiger partial charge >= 0.3 is 0 Å². The number of sulfonamides is 1. The van der Waals surface area contributed by atoms with Gasteiger partial charge in [-0.3, -0.25) is 4.31 Å². The van der Waals surface area contributed by atoms with Crippen molar-refractivity contribution in [3.8, 4) is 0 Å². The van der Waals surface area contributed by atoms with Crippen molar-refractivity contribution in [3.05, 3.63) is 29.3 Å². The highest BCUT2D eigenvalue weighted by molar-refractivity contribution is 7.92. The van der Waals surface area contributed by atoms with Crippen LogP contribution in [0.2, 0.25) is 0 Å². The molecule has 1 aromatic carbocycles. The van der Waals surface area contributed by atoms with E-state index < -0.39 is 10.0 Å². The minimum atomic E-state index is -3.23. The third kappa shape index (κ3) is 2.93. The zero-order chi connectivity index (χ0) is 18.8. The predicted molar refractivity (Wildman–Crippen MR) is 110 cm³/mol. The van der Waals surface area contributed by atoms with Gasteiger partial charge in [0, 0.05) is 18.0 Å². The summed E-state index contributed by atoms with van der Waals surface area (Å²) in [7, 11) is -3.23. The van der Waals surface area contributed by atoms with E-state index in [0.717, 1.165) is 49.5 Å². The maximum absolute atomic E-state index is 12.4. The van der Waals surface area contributed by atoms with Gasteiger partial charge in [0.15, 0.2) is 0 Å². The molecule has 1 aromatic rings. The first-order valence-electron chi connectivity index (χ1n) is 10.7. The van der Waals surface area contributed by atoms with Crippen molar-refractivity contribution in [2.75, 3.05) is 30.2 Å². The fourth-order valence-electron chi connectivity index (χ4n) is 6.53. The summed E-state index contributed by atoms with van der Waals surface area (Å²) in [4.78, 5) is 2.76. The van der Waals surface area contributed by atoms with Crippen LogP contribution in [0.5, 0.6) is 0 Å². The van der Waals surface area contributed by atoms with Gasteiger partial charge in [-0.2, -0.15) is 0 Å². The summed E-state index contributed by atoms with van der Waals surface area (Å²) >= 11 is 0. The van der Waals surface area contributed by atoms with E-state index in [4.69, 9.17) is 0 Å². The normalized spacial score (nSPS) is 32.8. The molecule has 1 atom stereocenters. The largest absolute Gasteiger partial charge is 0.300 e. The molecule has 3 aliphatic carbocycles. The lowest BCUT2D eigenvalue weighted by molar-refractivity contribution is 0.0112. The monoisotopic (exact) mass is 388 g/mol. The number of likely N-dealkylation sites (tertiary alicyclic amines) is 1. The molecule has 3 saturated carbocycles. The maximum atomic E-state index is 12.4. The van der Waals surface area contributed by atoms with Crippen molar-refractivity contribution in [2.45, 2.75) is 63.3 Å². The standard InChI is InChI=1S/C22H32N2O2S/c1-16-3-8-20-19(13-16)22(15-24(20)27(2,25)26)9-11-23(12-10-22)21-14-17-4-6-18(21)7-5-17/h3,8,13,17-18,21H,4-7,9-12,14-15H2,1-2H3. The molecule has 0 radical (unpaired) electrons. The van der Waals surface area contributed by atoms with E-state index in [1.807, 2.05) is 12.1 Å². The summed E-state index contributed by atoms with van der Waals surface area (Å²) in [5.74, 6) is 1.88. The van der Waals surface area contributed by atoms with E-state index in [2.05, 4.69) is 17.9 Å². The highest BCUT2D eigenvalue weighted by Gasteiger charge is 2.49. The first-order valence-corrected chi connectivity index (χ1v) is 12.5. The first-order chi connectivity index (χ1) is 12.9. The van der Waals surface area contributed by atoms with E-state index in [9.17, 15) is 8.42 Å². The fourth-order valence-corrected chi connectivity index (χ4v) is 7.53. The van der Waals surface area contributed by atoms with E-state index in [0.29, 0.717) is 6.54 Å².